The Morgan fingerprint density at radius 3 is 2.23 bits per heavy atom. The summed E-state index contributed by atoms with van der Waals surface area (Å²) < 4.78 is 133. The molecule has 218 valence electrons. The minimum absolute atomic E-state index is 0.00574. The van der Waals surface area contributed by atoms with Gasteiger partial charge in [0.25, 0.3) is 5.60 Å². The lowest BCUT2D eigenvalue weighted by molar-refractivity contribution is -0.276. The number of benzene rings is 1. The number of nitrogens with zero attached hydrogens (tertiary/aromatic N) is 3. The number of nitrogens with one attached hydrogen (secondary N) is 1. The molecule has 0 radical (unpaired) electrons. The van der Waals surface area contributed by atoms with Crippen LogP contribution in [0.4, 0.5) is 43.9 Å². The number of hydrogen-bond acceptors (Lipinski definition) is 6. The summed E-state index contributed by atoms with van der Waals surface area (Å²) in [6.45, 7) is -0.331. The van der Waals surface area contributed by atoms with Crippen LogP contribution in [0.15, 0.2) is 23.4 Å². The second-order valence-corrected chi connectivity index (χ2v) is 8.93. The highest BCUT2D eigenvalue weighted by atomic mass is 35.5. The van der Waals surface area contributed by atoms with Gasteiger partial charge in [-0.25, -0.2) is 4.39 Å². The van der Waals surface area contributed by atoms with Crippen LogP contribution in [0.3, 0.4) is 0 Å². The molecular formula is C22H15ClF10N4O3. The molecule has 0 saturated heterocycles. The summed E-state index contributed by atoms with van der Waals surface area (Å²) in [5, 5.41) is 10.7. The predicted molar refractivity (Wildman–Crippen MR) is 116 cm³/mol. The molecule has 0 saturated carbocycles. The number of amides is 1. The Labute approximate surface area is 222 Å². The maximum absolute atomic E-state index is 14.7. The van der Waals surface area contributed by atoms with Crippen molar-refractivity contribution in [1.29, 1.82) is 0 Å². The number of halogens is 11. The summed E-state index contributed by atoms with van der Waals surface area (Å²) in [6, 6.07) is 1.07. The maximum Gasteiger partial charge on any atom is 0.435 e. The van der Waals surface area contributed by atoms with Crippen LogP contribution < -0.4 is 5.32 Å². The minimum atomic E-state index is -5.50. The van der Waals surface area contributed by atoms with Gasteiger partial charge in [-0.1, -0.05) is 16.8 Å². The molecule has 1 aliphatic rings. The van der Waals surface area contributed by atoms with Gasteiger partial charge in [0.05, 0.1) is 17.0 Å². The molecule has 7 nitrogen and oxygen atoms in total. The average Bonchev–Trinajstić information content (AvgIpc) is 3.28. The van der Waals surface area contributed by atoms with Crippen LogP contribution in [0.1, 0.15) is 52.1 Å². The molecule has 18 heteroatoms. The number of rotatable bonds is 7. The van der Waals surface area contributed by atoms with Gasteiger partial charge in [-0.2, -0.15) is 39.5 Å². The van der Waals surface area contributed by atoms with Gasteiger partial charge in [-0.05, 0) is 30.7 Å². The zero-order valence-corrected chi connectivity index (χ0v) is 20.5. The molecule has 0 spiro atoms. The molecule has 0 bridgehead atoms. The SMILES string of the molecule is Cc1cc(C2=NO[C@@](c3cc(C(F)(F)F)cc(Cl)c3F)(C(F)(F)F)C2)nnc1C(=O)CCC(=O)NCC(F)(F)F. The van der Waals surface area contributed by atoms with E-state index in [1.54, 1.807) is 5.32 Å². The molecule has 1 N–H and O–H groups in total. The lowest BCUT2D eigenvalue weighted by atomic mass is 9.86. The second-order valence-electron chi connectivity index (χ2n) is 8.52. The lowest BCUT2D eigenvalue weighted by Crippen LogP contribution is -2.43. The molecule has 1 amide bonds. The third-order valence-corrected chi connectivity index (χ3v) is 5.86. The first-order valence-electron chi connectivity index (χ1n) is 10.8. The topological polar surface area (TPSA) is 93.5 Å². The number of Topliss-reactive ketones (excluding diaryl/α,β-unsaturated/α-hetero) is 1. The molecule has 1 aliphatic heterocycles. The Bertz CT molecular complexity index is 1360. The van der Waals surface area contributed by atoms with Crippen molar-refractivity contribution in [2.75, 3.05) is 6.54 Å². The van der Waals surface area contributed by atoms with Gasteiger partial charge in [-0.15, -0.1) is 10.2 Å². The van der Waals surface area contributed by atoms with E-state index < -0.39 is 95.0 Å². The van der Waals surface area contributed by atoms with Gasteiger partial charge in [0.15, 0.2) is 5.78 Å². The quantitative estimate of drug-likeness (QED) is 0.316. The maximum atomic E-state index is 14.7. The van der Waals surface area contributed by atoms with Crippen molar-refractivity contribution < 1.29 is 58.3 Å². The van der Waals surface area contributed by atoms with Gasteiger partial charge < -0.3 is 10.2 Å². The normalized spacial score (nSPS) is 17.9. The summed E-state index contributed by atoms with van der Waals surface area (Å²) in [6.07, 6.45) is -17.9. The van der Waals surface area contributed by atoms with E-state index in [1.165, 1.54) is 6.92 Å². The first-order valence-corrected chi connectivity index (χ1v) is 11.2. The summed E-state index contributed by atoms with van der Waals surface area (Å²) in [5.41, 5.74) is -8.31. The second kappa shape index (κ2) is 10.8. The van der Waals surface area contributed by atoms with Crippen molar-refractivity contribution in [2.45, 2.75) is 50.3 Å². The summed E-state index contributed by atoms with van der Waals surface area (Å²) in [7, 11) is 0. The van der Waals surface area contributed by atoms with Crippen LogP contribution in [-0.2, 0) is 21.4 Å². The standard InChI is InChI=1S/C22H15ClF10N4O3/c1-9-4-13(35-36-18(9)15(38)2-3-16(39)34-8-20(25,26)27)14-7-19(40-37-14,22(31,32)33)11-5-10(21(28,29)30)6-12(23)17(11)24/h4-6H,2-3,7-8H2,1H3,(H,34,39)/t19-/m0/s1. The smallest absolute Gasteiger partial charge is 0.374 e. The highest BCUT2D eigenvalue weighted by Gasteiger charge is 2.64. The summed E-state index contributed by atoms with van der Waals surface area (Å²) in [5.74, 6) is -3.71. The molecule has 3 rings (SSSR count). The van der Waals surface area contributed by atoms with Crippen LogP contribution in [0.25, 0.3) is 0 Å². The first kappa shape index (κ1) is 31.0. The number of aryl methyl sites for hydroxylation is 1. The number of oxime groups is 1. The molecule has 0 unspecified atom stereocenters. The van der Waals surface area contributed by atoms with Crippen LogP contribution in [0.5, 0.6) is 0 Å². The fourth-order valence-corrected chi connectivity index (χ4v) is 3.82. The Kier molecular flexibility index (Phi) is 8.39. The molecule has 40 heavy (non-hydrogen) atoms. The number of carbonyl (C=O) groups is 2. The molecule has 0 aliphatic carbocycles. The summed E-state index contributed by atoms with van der Waals surface area (Å²) >= 11 is 5.45. The monoisotopic (exact) mass is 608 g/mol. The van der Waals surface area contributed by atoms with E-state index in [9.17, 15) is 53.5 Å². The third kappa shape index (κ3) is 6.62. The fourth-order valence-electron chi connectivity index (χ4n) is 3.60. The molecule has 1 aromatic carbocycles. The zero-order chi connectivity index (χ0) is 30.3. The van der Waals surface area contributed by atoms with Crippen LogP contribution >= 0.6 is 11.6 Å². The van der Waals surface area contributed by atoms with Gasteiger partial charge in [-0.3, -0.25) is 9.59 Å². The Morgan fingerprint density at radius 2 is 1.68 bits per heavy atom. The molecular weight excluding hydrogens is 594 g/mol. The Morgan fingerprint density at radius 1 is 1.02 bits per heavy atom. The number of aromatic nitrogens is 2. The van der Waals surface area contributed by atoms with Gasteiger partial charge in [0.2, 0.25) is 5.91 Å². The Hall–Kier alpha value is -3.50. The van der Waals surface area contributed by atoms with Crippen molar-refractivity contribution in [3.8, 4) is 0 Å². The minimum Gasteiger partial charge on any atom is -0.374 e. The highest BCUT2D eigenvalue weighted by molar-refractivity contribution is 6.30. The number of alkyl halides is 9. The molecule has 0 fully saturated rings. The van der Waals surface area contributed by atoms with E-state index in [4.69, 9.17) is 11.6 Å². The van der Waals surface area contributed by atoms with Gasteiger partial charge >= 0.3 is 18.5 Å². The zero-order valence-electron chi connectivity index (χ0n) is 19.8. The first-order chi connectivity index (χ1) is 18.2. The van der Waals surface area contributed by atoms with E-state index in [-0.39, 0.29) is 23.4 Å². The average molecular weight is 609 g/mol. The van der Waals surface area contributed by atoms with Gasteiger partial charge in [0.1, 0.15) is 29.5 Å². The third-order valence-electron chi connectivity index (χ3n) is 5.59. The molecule has 2 heterocycles. The van der Waals surface area contributed by atoms with Crippen molar-refractivity contribution >= 4 is 29.0 Å². The lowest BCUT2D eigenvalue weighted by Gasteiger charge is -2.30. The van der Waals surface area contributed by atoms with Crippen LogP contribution in [0.2, 0.25) is 5.02 Å². The number of ketones is 1. The van der Waals surface area contributed by atoms with Crippen molar-refractivity contribution in [2.24, 2.45) is 5.16 Å². The predicted octanol–water partition coefficient (Wildman–Crippen LogP) is 5.82. The molecule has 1 atom stereocenters. The molecule has 2 aromatic rings. The van der Waals surface area contributed by atoms with Crippen molar-refractivity contribution in [3.05, 3.63) is 57.1 Å². The van der Waals surface area contributed by atoms with Crippen molar-refractivity contribution in [3.63, 3.8) is 0 Å². The number of hydrogen-bond donors (Lipinski definition) is 1. The van der Waals surface area contributed by atoms with E-state index in [1.807, 2.05) is 0 Å². The van der Waals surface area contributed by atoms with Crippen molar-refractivity contribution in [1.82, 2.24) is 15.5 Å². The highest BCUT2D eigenvalue weighted by Crippen LogP contribution is 2.51. The van der Waals surface area contributed by atoms with E-state index >= 15 is 0 Å². The molecule has 1 aromatic heterocycles. The largest absolute Gasteiger partial charge is 0.435 e. The van der Waals surface area contributed by atoms with E-state index in [0.29, 0.717) is 0 Å². The van der Waals surface area contributed by atoms with Crippen LogP contribution in [-0.4, -0.2) is 46.5 Å². The summed E-state index contributed by atoms with van der Waals surface area (Å²) in [4.78, 5) is 28.4. The van der Waals surface area contributed by atoms with Crippen LogP contribution in [0, 0.1) is 12.7 Å². The fraction of sp³-hybridized carbons (Fsp3) is 0.409. The Balaban J connectivity index is 1.85. The van der Waals surface area contributed by atoms with E-state index in [2.05, 4.69) is 20.2 Å². The number of carbonyl (C=O) groups excluding carboxylic acids is 2. The van der Waals surface area contributed by atoms with E-state index in [0.717, 1.165) is 6.07 Å². The van der Waals surface area contributed by atoms with Gasteiger partial charge in [0, 0.05) is 18.4 Å².